The number of imidazole rings is 1. The number of esters is 3. The van der Waals surface area contributed by atoms with Gasteiger partial charge in [0.25, 0.3) is 0 Å². The molecule has 0 bridgehead atoms. The van der Waals surface area contributed by atoms with Crippen LogP contribution in [0.2, 0.25) is 5.15 Å². The van der Waals surface area contributed by atoms with Crippen LogP contribution in [-0.4, -0.2) is 62.3 Å². The predicted octanol–water partition coefficient (Wildman–Crippen LogP) is 0.386. The van der Waals surface area contributed by atoms with Crippen molar-refractivity contribution in [3.05, 3.63) is 11.5 Å². The first kappa shape index (κ1) is 20.7. The van der Waals surface area contributed by atoms with Crippen LogP contribution >= 0.6 is 11.6 Å². The van der Waals surface area contributed by atoms with Gasteiger partial charge >= 0.3 is 17.9 Å². The Kier molecular flexibility index (Phi) is 5.84. The first-order chi connectivity index (χ1) is 13.7. The largest absolute Gasteiger partial charge is 0.463 e. The molecular formula is C16H18ClN5O7. The molecular weight excluding hydrogens is 410 g/mol. The van der Waals surface area contributed by atoms with Crippen molar-refractivity contribution in [3.8, 4) is 0 Å². The van der Waals surface area contributed by atoms with Gasteiger partial charge in [0.15, 0.2) is 29.2 Å². The number of carbonyl (C=O) groups is 3. The summed E-state index contributed by atoms with van der Waals surface area (Å²) in [6, 6.07) is 0. The minimum absolute atomic E-state index is 0.0290. The zero-order valence-electron chi connectivity index (χ0n) is 15.7. The van der Waals surface area contributed by atoms with Gasteiger partial charge in [0, 0.05) is 20.8 Å². The van der Waals surface area contributed by atoms with Gasteiger partial charge in [-0.25, -0.2) is 4.98 Å². The van der Waals surface area contributed by atoms with Crippen molar-refractivity contribution in [1.29, 1.82) is 0 Å². The maximum atomic E-state index is 11.7. The molecule has 0 aliphatic carbocycles. The van der Waals surface area contributed by atoms with E-state index in [4.69, 9.17) is 36.3 Å². The van der Waals surface area contributed by atoms with Gasteiger partial charge in [0.05, 0.1) is 6.33 Å². The van der Waals surface area contributed by atoms with Crippen LogP contribution in [0.1, 0.15) is 27.0 Å². The molecule has 0 saturated carbocycles. The summed E-state index contributed by atoms with van der Waals surface area (Å²) in [4.78, 5) is 46.6. The molecule has 156 valence electrons. The Hall–Kier alpha value is -2.99. The van der Waals surface area contributed by atoms with E-state index in [0.29, 0.717) is 0 Å². The SMILES string of the molecule is CC(=O)OC[C@H]1O[C@@H](n2cnc3c(Cl)nc(N)nc32)[C@@H](OC(C)=O)[C@@H]1OC(C)=O. The number of hydrogen-bond donors (Lipinski definition) is 1. The number of nitrogen functional groups attached to an aromatic ring is 1. The molecule has 2 aromatic rings. The van der Waals surface area contributed by atoms with Crippen molar-refractivity contribution in [2.75, 3.05) is 12.3 Å². The first-order valence-electron chi connectivity index (χ1n) is 8.46. The number of halogens is 1. The van der Waals surface area contributed by atoms with Gasteiger partial charge in [-0.2, -0.15) is 9.97 Å². The molecule has 12 nitrogen and oxygen atoms in total. The third-order valence-electron chi connectivity index (χ3n) is 4.01. The molecule has 1 aliphatic heterocycles. The number of rotatable bonds is 5. The summed E-state index contributed by atoms with van der Waals surface area (Å²) in [6.07, 6.45) is -2.70. The van der Waals surface area contributed by atoms with E-state index in [9.17, 15) is 14.4 Å². The summed E-state index contributed by atoms with van der Waals surface area (Å²) in [7, 11) is 0. The van der Waals surface area contributed by atoms with Gasteiger partial charge < -0.3 is 24.7 Å². The van der Waals surface area contributed by atoms with Crippen molar-refractivity contribution < 1.29 is 33.3 Å². The second-order valence-electron chi connectivity index (χ2n) is 6.21. The Labute approximate surface area is 169 Å². The number of fused-ring (bicyclic) bond motifs is 1. The molecule has 0 radical (unpaired) electrons. The smallest absolute Gasteiger partial charge is 0.303 e. The number of aromatic nitrogens is 4. The Bertz CT molecular complexity index is 965. The van der Waals surface area contributed by atoms with E-state index in [-0.39, 0.29) is 28.9 Å². The monoisotopic (exact) mass is 427 g/mol. The van der Waals surface area contributed by atoms with Crippen molar-refractivity contribution >= 4 is 46.6 Å². The number of hydrogen-bond acceptors (Lipinski definition) is 11. The highest BCUT2D eigenvalue weighted by atomic mass is 35.5. The van der Waals surface area contributed by atoms with Crippen LogP contribution in [0.3, 0.4) is 0 Å². The van der Waals surface area contributed by atoms with E-state index in [2.05, 4.69) is 15.0 Å². The summed E-state index contributed by atoms with van der Waals surface area (Å²) < 4.78 is 23.0. The molecule has 1 aliphatic rings. The molecule has 3 heterocycles. The minimum Gasteiger partial charge on any atom is -0.463 e. The average molecular weight is 428 g/mol. The maximum Gasteiger partial charge on any atom is 0.303 e. The van der Waals surface area contributed by atoms with Gasteiger partial charge in [0.1, 0.15) is 18.2 Å². The fourth-order valence-corrected chi connectivity index (χ4v) is 3.22. The summed E-state index contributed by atoms with van der Waals surface area (Å²) in [5.41, 5.74) is 6.14. The Morgan fingerprint density at radius 2 is 1.79 bits per heavy atom. The lowest BCUT2D eigenvalue weighted by Gasteiger charge is -2.23. The number of nitrogens with two attached hydrogens (primary N) is 1. The van der Waals surface area contributed by atoms with Gasteiger partial charge in [-0.15, -0.1) is 0 Å². The number of anilines is 1. The van der Waals surface area contributed by atoms with Crippen LogP contribution in [0.25, 0.3) is 11.2 Å². The van der Waals surface area contributed by atoms with Gasteiger partial charge in [-0.05, 0) is 0 Å². The van der Waals surface area contributed by atoms with E-state index in [1.165, 1.54) is 31.7 Å². The van der Waals surface area contributed by atoms with E-state index in [1.807, 2.05) is 0 Å². The molecule has 0 unspecified atom stereocenters. The van der Waals surface area contributed by atoms with E-state index < -0.39 is 42.4 Å². The fraction of sp³-hybridized carbons (Fsp3) is 0.500. The normalized spacial score (nSPS) is 23.7. The third kappa shape index (κ3) is 4.38. The van der Waals surface area contributed by atoms with Crippen LogP contribution in [0, 0.1) is 0 Å². The molecule has 13 heteroatoms. The molecule has 0 spiro atoms. The van der Waals surface area contributed by atoms with Gasteiger partial charge in [-0.1, -0.05) is 11.6 Å². The van der Waals surface area contributed by atoms with E-state index >= 15 is 0 Å². The second kappa shape index (κ2) is 8.17. The fourth-order valence-electron chi connectivity index (χ4n) is 3.00. The maximum absolute atomic E-state index is 11.7. The van der Waals surface area contributed by atoms with Gasteiger partial charge in [0.2, 0.25) is 5.95 Å². The average Bonchev–Trinajstić information content (AvgIpc) is 3.15. The lowest BCUT2D eigenvalue weighted by molar-refractivity contribution is -0.166. The Morgan fingerprint density at radius 1 is 1.14 bits per heavy atom. The minimum atomic E-state index is -1.08. The molecule has 0 amide bonds. The van der Waals surface area contributed by atoms with E-state index in [1.54, 1.807) is 0 Å². The number of nitrogens with zero attached hydrogens (tertiary/aromatic N) is 4. The first-order valence-corrected chi connectivity index (χ1v) is 8.84. The summed E-state index contributed by atoms with van der Waals surface area (Å²) >= 11 is 6.05. The lowest BCUT2D eigenvalue weighted by atomic mass is 10.1. The van der Waals surface area contributed by atoms with Crippen LogP contribution in [-0.2, 0) is 33.3 Å². The standard InChI is InChI=1S/C16H18ClN5O7/c1-6(23)26-4-9-11(27-7(2)24)12(28-8(3)25)15(29-9)22-5-19-10-13(17)20-16(18)21-14(10)22/h5,9,11-12,15H,4H2,1-3H3,(H2,18,20,21)/t9-,11-,12+,15-/m1/s1. The van der Waals surface area contributed by atoms with Crippen molar-refractivity contribution in [2.45, 2.75) is 45.3 Å². The predicted molar refractivity (Wildman–Crippen MR) is 96.4 cm³/mol. The summed E-state index contributed by atoms with van der Waals surface area (Å²) in [5, 5.41) is 0.0290. The molecule has 1 saturated heterocycles. The lowest BCUT2D eigenvalue weighted by Crippen LogP contribution is -2.40. The summed E-state index contributed by atoms with van der Waals surface area (Å²) in [6.45, 7) is 3.39. The van der Waals surface area contributed by atoms with Crippen molar-refractivity contribution in [2.24, 2.45) is 0 Å². The summed E-state index contributed by atoms with van der Waals surface area (Å²) in [5.74, 6) is -1.91. The molecule has 0 aromatic carbocycles. The number of carbonyl (C=O) groups excluding carboxylic acids is 3. The second-order valence-corrected chi connectivity index (χ2v) is 6.57. The van der Waals surface area contributed by atoms with Crippen LogP contribution in [0.15, 0.2) is 6.33 Å². The van der Waals surface area contributed by atoms with Crippen LogP contribution in [0.5, 0.6) is 0 Å². The molecule has 1 fully saturated rings. The van der Waals surface area contributed by atoms with Crippen molar-refractivity contribution in [1.82, 2.24) is 19.5 Å². The molecule has 29 heavy (non-hydrogen) atoms. The zero-order valence-corrected chi connectivity index (χ0v) is 16.5. The Balaban J connectivity index is 2.04. The molecule has 4 atom stereocenters. The van der Waals surface area contributed by atoms with Gasteiger partial charge in [-0.3, -0.25) is 19.0 Å². The topological polar surface area (TPSA) is 158 Å². The zero-order chi connectivity index (χ0) is 21.3. The highest BCUT2D eigenvalue weighted by molar-refractivity contribution is 6.33. The molecule has 3 rings (SSSR count). The highest BCUT2D eigenvalue weighted by Crippen LogP contribution is 2.36. The highest BCUT2D eigenvalue weighted by Gasteiger charge is 2.51. The molecule has 2 aromatic heterocycles. The van der Waals surface area contributed by atoms with Crippen LogP contribution in [0.4, 0.5) is 5.95 Å². The quantitative estimate of drug-likeness (QED) is 0.399. The third-order valence-corrected chi connectivity index (χ3v) is 4.27. The van der Waals surface area contributed by atoms with Crippen molar-refractivity contribution in [3.63, 3.8) is 0 Å². The Morgan fingerprint density at radius 3 is 2.41 bits per heavy atom. The molecule has 2 N–H and O–H groups in total. The van der Waals surface area contributed by atoms with Crippen LogP contribution < -0.4 is 5.73 Å². The van der Waals surface area contributed by atoms with E-state index in [0.717, 1.165) is 0 Å². The number of ether oxygens (including phenoxy) is 4.